The Morgan fingerprint density at radius 1 is 1.32 bits per heavy atom. The van der Waals surface area contributed by atoms with E-state index in [0.717, 1.165) is 38.0 Å². The normalized spacial score (nSPS) is 15.4. The molecule has 7 heteroatoms. The first kappa shape index (κ1) is 17.7. The van der Waals surface area contributed by atoms with Crippen molar-refractivity contribution in [2.75, 3.05) is 11.1 Å². The van der Waals surface area contributed by atoms with Crippen LogP contribution in [0.2, 0.25) is 0 Å². The minimum atomic E-state index is 0.00776. The van der Waals surface area contributed by atoms with E-state index in [1.165, 1.54) is 0 Å². The molecule has 0 aliphatic carbocycles. The van der Waals surface area contributed by atoms with Gasteiger partial charge >= 0.3 is 0 Å². The summed E-state index contributed by atoms with van der Waals surface area (Å²) in [5.74, 6) is 0.744. The van der Waals surface area contributed by atoms with Crippen molar-refractivity contribution >= 4 is 55.9 Å². The van der Waals surface area contributed by atoms with Gasteiger partial charge < -0.3 is 5.32 Å². The first-order valence-corrected chi connectivity index (χ1v) is 9.62. The maximum Gasteiger partial charge on any atom is 0.224 e. The van der Waals surface area contributed by atoms with Crippen molar-refractivity contribution in [3.05, 3.63) is 58.6 Å². The van der Waals surface area contributed by atoms with Crippen LogP contribution >= 0.6 is 27.7 Å². The second kappa shape index (κ2) is 8.31. The zero-order valence-corrected chi connectivity index (χ0v) is 16.0. The molecule has 0 saturated heterocycles. The molecule has 25 heavy (non-hydrogen) atoms. The quantitative estimate of drug-likeness (QED) is 0.769. The van der Waals surface area contributed by atoms with E-state index in [1.54, 1.807) is 11.8 Å². The molecule has 1 aliphatic heterocycles. The Kier molecular flexibility index (Phi) is 5.88. The van der Waals surface area contributed by atoms with Gasteiger partial charge in [-0.25, -0.2) is 4.99 Å². The first-order valence-electron chi connectivity index (χ1n) is 7.84. The number of amidine groups is 1. The highest BCUT2D eigenvalue weighted by atomic mass is 79.9. The molecule has 0 saturated carbocycles. The maximum atomic E-state index is 11.4. The van der Waals surface area contributed by atoms with Crippen LogP contribution in [0, 0.1) is 0 Å². The summed E-state index contributed by atoms with van der Waals surface area (Å²) < 4.78 is 0.995. The van der Waals surface area contributed by atoms with Gasteiger partial charge in [-0.1, -0.05) is 52.8 Å². The number of hydrogen-bond acceptors (Lipinski definition) is 4. The zero-order chi connectivity index (χ0) is 17.6. The molecular formula is C18H17BrN4OS. The number of nitrogens with one attached hydrogen (secondary N) is 2. The highest BCUT2D eigenvalue weighted by molar-refractivity contribution is 9.10. The van der Waals surface area contributed by atoms with Crippen molar-refractivity contribution in [3.63, 3.8) is 0 Å². The van der Waals surface area contributed by atoms with Gasteiger partial charge in [0.2, 0.25) is 5.91 Å². The summed E-state index contributed by atoms with van der Waals surface area (Å²) in [6.07, 6.45) is 0.467. The number of amides is 1. The molecule has 0 unspecified atom stereocenters. The monoisotopic (exact) mass is 416 g/mol. The first-order chi connectivity index (χ1) is 12.1. The molecule has 1 heterocycles. The largest absolute Gasteiger partial charge is 0.326 e. The van der Waals surface area contributed by atoms with E-state index < -0.39 is 0 Å². The van der Waals surface area contributed by atoms with Crippen LogP contribution in [-0.2, 0) is 4.79 Å². The van der Waals surface area contributed by atoms with E-state index in [4.69, 9.17) is 0 Å². The molecule has 0 spiro atoms. The molecule has 2 N–H and O–H groups in total. The lowest BCUT2D eigenvalue weighted by Gasteiger charge is -2.15. The number of rotatable bonds is 4. The van der Waals surface area contributed by atoms with Crippen molar-refractivity contribution in [2.45, 2.75) is 13.3 Å². The van der Waals surface area contributed by atoms with E-state index in [-0.39, 0.29) is 5.91 Å². The zero-order valence-electron chi connectivity index (χ0n) is 13.6. The lowest BCUT2D eigenvalue weighted by Crippen LogP contribution is -2.25. The summed E-state index contributed by atoms with van der Waals surface area (Å²) in [7, 11) is 0. The van der Waals surface area contributed by atoms with Crippen LogP contribution in [0.3, 0.4) is 0 Å². The number of hydrazone groups is 1. The highest BCUT2D eigenvalue weighted by Crippen LogP contribution is 2.22. The van der Waals surface area contributed by atoms with Crippen LogP contribution in [0.15, 0.2) is 63.1 Å². The Morgan fingerprint density at radius 2 is 2.12 bits per heavy atom. The average Bonchev–Trinajstić information content (AvgIpc) is 2.63. The third-order valence-electron chi connectivity index (χ3n) is 3.49. The molecule has 0 bridgehead atoms. The fourth-order valence-corrected chi connectivity index (χ4v) is 3.35. The maximum absolute atomic E-state index is 11.4. The van der Waals surface area contributed by atoms with Crippen molar-refractivity contribution in [1.29, 1.82) is 0 Å². The molecule has 2 aromatic carbocycles. The van der Waals surface area contributed by atoms with Crippen LogP contribution in [0.25, 0.3) is 0 Å². The van der Waals surface area contributed by atoms with Crippen LogP contribution in [0.4, 0.5) is 11.4 Å². The number of aliphatic imine (C=N–C) groups is 1. The van der Waals surface area contributed by atoms with Crippen LogP contribution < -0.4 is 10.7 Å². The molecule has 0 fully saturated rings. The van der Waals surface area contributed by atoms with Crippen molar-refractivity contribution < 1.29 is 4.79 Å². The van der Waals surface area contributed by atoms with Gasteiger partial charge in [0.1, 0.15) is 0 Å². The fraction of sp³-hybridized carbons (Fsp3) is 0.167. The number of anilines is 1. The fourth-order valence-electron chi connectivity index (χ4n) is 2.18. The average molecular weight is 417 g/mol. The molecule has 0 aromatic heterocycles. The Bertz CT molecular complexity index is 833. The Morgan fingerprint density at radius 3 is 2.76 bits per heavy atom. The summed E-state index contributed by atoms with van der Waals surface area (Å²) in [5, 5.41) is 8.03. The Labute approximate surface area is 159 Å². The molecule has 5 nitrogen and oxygen atoms in total. The van der Waals surface area contributed by atoms with E-state index in [9.17, 15) is 4.79 Å². The van der Waals surface area contributed by atoms with Crippen LogP contribution in [0.1, 0.15) is 18.9 Å². The van der Waals surface area contributed by atoms with Gasteiger partial charge in [0.15, 0.2) is 5.17 Å². The number of carbonyl (C=O) groups excluding carboxylic acids is 1. The Hall–Kier alpha value is -2.12. The number of benzene rings is 2. The van der Waals surface area contributed by atoms with E-state index >= 15 is 0 Å². The van der Waals surface area contributed by atoms with Crippen LogP contribution in [-0.4, -0.2) is 22.5 Å². The molecule has 0 atom stereocenters. The summed E-state index contributed by atoms with van der Waals surface area (Å²) in [6.45, 7) is 1.83. The lowest BCUT2D eigenvalue weighted by molar-refractivity contribution is -0.115. The number of nitrogens with zero attached hydrogens (tertiary/aromatic N) is 2. The Balaban J connectivity index is 1.67. The van der Waals surface area contributed by atoms with Gasteiger partial charge in [-0.15, -0.1) is 0 Å². The highest BCUT2D eigenvalue weighted by Gasteiger charge is 2.13. The van der Waals surface area contributed by atoms with Crippen molar-refractivity contribution in [3.8, 4) is 0 Å². The SMILES string of the molecule is CCC(=O)Nc1ccc(C2=NNC(=Nc3cccc(Br)c3)SC2)cc1. The minimum absolute atomic E-state index is 0.00776. The number of carbonyl (C=O) groups is 1. The number of hydrogen-bond donors (Lipinski definition) is 2. The predicted molar refractivity (Wildman–Crippen MR) is 109 cm³/mol. The summed E-state index contributed by atoms with van der Waals surface area (Å²) in [6, 6.07) is 15.5. The van der Waals surface area contributed by atoms with Gasteiger partial charge in [0.25, 0.3) is 0 Å². The summed E-state index contributed by atoms with van der Waals surface area (Å²) in [5.41, 5.74) is 6.65. The topological polar surface area (TPSA) is 65.8 Å². The second-order valence-electron chi connectivity index (χ2n) is 5.33. The van der Waals surface area contributed by atoms with Gasteiger partial charge in [-0.2, -0.15) is 5.10 Å². The molecule has 128 valence electrons. The summed E-state index contributed by atoms with van der Waals surface area (Å²) >= 11 is 5.05. The third kappa shape index (κ3) is 4.93. The lowest BCUT2D eigenvalue weighted by atomic mass is 10.1. The molecule has 1 aliphatic rings. The van der Waals surface area contributed by atoms with Gasteiger partial charge in [0, 0.05) is 22.3 Å². The van der Waals surface area contributed by atoms with Gasteiger partial charge in [-0.3, -0.25) is 10.2 Å². The molecule has 3 rings (SSSR count). The molecule has 1 amide bonds. The number of thioether (sulfide) groups is 1. The molecule has 2 aromatic rings. The third-order valence-corrected chi connectivity index (χ3v) is 4.86. The van der Waals surface area contributed by atoms with Gasteiger partial charge in [0.05, 0.1) is 11.4 Å². The van der Waals surface area contributed by atoms with Crippen molar-refractivity contribution in [1.82, 2.24) is 5.43 Å². The number of halogens is 1. The molecular weight excluding hydrogens is 400 g/mol. The summed E-state index contributed by atoms with van der Waals surface area (Å²) in [4.78, 5) is 16.0. The molecule has 0 radical (unpaired) electrons. The van der Waals surface area contributed by atoms with E-state index in [1.807, 2.05) is 55.5 Å². The standard InChI is InChI=1S/C18H17BrN4OS/c1-2-17(24)20-14-8-6-12(7-9-14)16-11-25-18(23-22-16)21-15-5-3-4-13(19)10-15/h3-10H,2,11H2,1H3,(H,20,24)(H,21,23). The second-order valence-corrected chi connectivity index (χ2v) is 7.21. The van der Waals surface area contributed by atoms with E-state index in [2.05, 4.69) is 36.8 Å². The minimum Gasteiger partial charge on any atom is -0.326 e. The van der Waals surface area contributed by atoms with Crippen LogP contribution in [0.5, 0.6) is 0 Å². The predicted octanol–water partition coefficient (Wildman–Crippen LogP) is 4.53. The van der Waals surface area contributed by atoms with Gasteiger partial charge in [-0.05, 0) is 35.9 Å². The smallest absolute Gasteiger partial charge is 0.224 e. The van der Waals surface area contributed by atoms with E-state index in [0.29, 0.717) is 6.42 Å². The van der Waals surface area contributed by atoms with Crippen molar-refractivity contribution in [2.24, 2.45) is 10.1 Å².